The van der Waals surface area contributed by atoms with Crippen LogP contribution in [-0.4, -0.2) is 46.6 Å². The van der Waals surface area contributed by atoms with Gasteiger partial charge in [0.2, 0.25) is 11.7 Å². The van der Waals surface area contributed by atoms with Crippen LogP contribution in [0.2, 0.25) is 0 Å². The summed E-state index contributed by atoms with van der Waals surface area (Å²) < 4.78 is 5.31. The van der Waals surface area contributed by atoms with E-state index in [0.29, 0.717) is 41.8 Å². The summed E-state index contributed by atoms with van der Waals surface area (Å²) in [6.45, 7) is 2.79. The molecular formula is C19H24N4O2. The first kappa shape index (κ1) is 16.3. The molecular weight excluding hydrogens is 316 g/mol. The summed E-state index contributed by atoms with van der Waals surface area (Å²) in [7, 11) is 2.13. The highest BCUT2D eigenvalue weighted by molar-refractivity contribution is 5.95. The zero-order chi connectivity index (χ0) is 17.4. The van der Waals surface area contributed by atoms with E-state index in [1.54, 1.807) is 0 Å². The minimum absolute atomic E-state index is 0.0659. The number of hydrogen-bond donors (Lipinski definition) is 1. The number of carbonyl (C=O) groups is 1. The van der Waals surface area contributed by atoms with Crippen LogP contribution in [0.4, 0.5) is 0 Å². The number of benzene rings is 1. The van der Waals surface area contributed by atoms with Gasteiger partial charge >= 0.3 is 0 Å². The van der Waals surface area contributed by atoms with Crippen LogP contribution in [0.1, 0.15) is 54.8 Å². The van der Waals surface area contributed by atoms with Gasteiger partial charge in [-0.3, -0.25) is 9.69 Å². The smallest absolute Gasteiger partial charge is 0.251 e. The van der Waals surface area contributed by atoms with Crippen LogP contribution in [0.15, 0.2) is 28.8 Å². The van der Waals surface area contributed by atoms with Crippen molar-refractivity contribution in [1.29, 1.82) is 0 Å². The van der Waals surface area contributed by atoms with Crippen molar-refractivity contribution >= 4 is 5.91 Å². The molecule has 0 spiro atoms. The highest BCUT2D eigenvalue weighted by Gasteiger charge is 2.30. The lowest BCUT2D eigenvalue weighted by Gasteiger charge is -2.24. The Kier molecular flexibility index (Phi) is 4.29. The second-order valence-corrected chi connectivity index (χ2v) is 7.27. The molecule has 1 aromatic heterocycles. The van der Waals surface area contributed by atoms with Gasteiger partial charge in [0.15, 0.2) is 0 Å². The second-order valence-electron chi connectivity index (χ2n) is 7.27. The van der Waals surface area contributed by atoms with Crippen LogP contribution in [0.3, 0.4) is 0 Å². The van der Waals surface area contributed by atoms with E-state index in [9.17, 15) is 4.79 Å². The summed E-state index contributed by atoms with van der Waals surface area (Å²) in [5, 5.41) is 7.08. The molecule has 1 unspecified atom stereocenters. The molecule has 6 nitrogen and oxygen atoms in total. The Labute approximate surface area is 147 Å². The third kappa shape index (κ3) is 3.74. The number of rotatable bonds is 7. The van der Waals surface area contributed by atoms with Crippen LogP contribution in [0.25, 0.3) is 11.4 Å². The van der Waals surface area contributed by atoms with E-state index in [4.69, 9.17) is 4.52 Å². The summed E-state index contributed by atoms with van der Waals surface area (Å²) in [4.78, 5) is 19.3. The van der Waals surface area contributed by atoms with E-state index in [0.717, 1.165) is 18.4 Å². The first-order chi connectivity index (χ1) is 12.1. The topological polar surface area (TPSA) is 71.3 Å². The van der Waals surface area contributed by atoms with E-state index in [-0.39, 0.29) is 5.91 Å². The van der Waals surface area contributed by atoms with Crippen molar-refractivity contribution in [2.75, 3.05) is 13.6 Å². The van der Waals surface area contributed by atoms with E-state index in [2.05, 4.69) is 34.3 Å². The number of amides is 1. The maximum absolute atomic E-state index is 12.5. The monoisotopic (exact) mass is 340 g/mol. The molecule has 2 saturated carbocycles. The van der Waals surface area contributed by atoms with Crippen LogP contribution < -0.4 is 5.32 Å². The molecule has 2 aliphatic carbocycles. The van der Waals surface area contributed by atoms with Gasteiger partial charge < -0.3 is 9.84 Å². The lowest BCUT2D eigenvalue weighted by Crippen LogP contribution is -2.41. The molecule has 0 saturated heterocycles. The first-order valence-electron chi connectivity index (χ1n) is 9.06. The largest absolute Gasteiger partial charge is 0.350 e. The molecule has 2 aromatic rings. The summed E-state index contributed by atoms with van der Waals surface area (Å²) in [5.74, 6) is 1.63. The third-order valence-electron chi connectivity index (χ3n) is 5.13. The van der Waals surface area contributed by atoms with Crippen LogP contribution in [0.5, 0.6) is 0 Å². The summed E-state index contributed by atoms with van der Waals surface area (Å²) in [5.41, 5.74) is 1.43. The van der Waals surface area contributed by atoms with Crippen LogP contribution in [-0.2, 0) is 0 Å². The van der Waals surface area contributed by atoms with Crippen molar-refractivity contribution in [2.24, 2.45) is 0 Å². The van der Waals surface area contributed by atoms with Crippen molar-refractivity contribution in [2.45, 2.75) is 50.6 Å². The highest BCUT2D eigenvalue weighted by atomic mass is 16.5. The normalized spacial score (nSPS) is 18.4. The average Bonchev–Trinajstić information content (AvgIpc) is 3.57. The van der Waals surface area contributed by atoms with E-state index < -0.39 is 0 Å². The number of hydrogen-bond acceptors (Lipinski definition) is 5. The molecule has 2 aliphatic rings. The molecule has 25 heavy (non-hydrogen) atoms. The predicted molar refractivity (Wildman–Crippen MR) is 94.3 cm³/mol. The van der Waals surface area contributed by atoms with Crippen molar-refractivity contribution < 1.29 is 9.32 Å². The molecule has 1 aromatic carbocycles. The molecule has 6 heteroatoms. The number of nitrogens with one attached hydrogen (secondary N) is 1. The summed E-state index contributed by atoms with van der Waals surface area (Å²) in [6, 6.07) is 8.42. The molecule has 2 fully saturated rings. The average molecular weight is 340 g/mol. The summed E-state index contributed by atoms with van der Waals surface area (Å²) >= 11 is 0. The van der Waals surface area contributed by atoms with Gasteiger partial charge in [0.1, 0.15) is 0 Å². The molecule has 0 radical (unpaired) electrons. The fraction of sp³-hybridized carbons (Fsp3) is 0.526. The Hall–Kier alpha value is -2.21. The van der Waals surface area contributed by atoms with Gasteiger partial charge in [-0.1, -0.05) is 17.3 Å². The zero-order valence-electron chi connectivity index (χ0n) is 14.7. The van der Waals surface area contributed by atoms with Gasteiger partial charge in [0, 0.05) is 35.7 Å². The molecule has 4 rings (SSSR count). The van der Waals surface area contributed by atoms with Crippen molar-refractivity contribution in [1.82, 2.24) is 20.4 Å². The molecule has 1 atom stereocenters. The highest BCUT2D eigenvalue weighted by Crippen LogP contribution is 2.39. The number of likely N-dealkylation sites (N-methyl/N-ethyl adjacent to an activating group) is 1. The molecule has 0 bridgehead atoms. The zero-order valence-corrected chi connectivity index (χ0v) is 14.7. The fourth-order valence-corrected chi connectivity index (χ4v) is 2.98. The Balaban J connectivity index is 1.40. The van der Waals surface area contributed by atoms with Gasteiger partial charge in [-0.15, -0.1) is 0 Å². The lowest BCUT2D eigenvalue weighted by atomic mass is 10.1. The SMILES string of the molecule is CC(CNC(=O)c1cccc(-c2noc(C3CC3)n2)c1)N(C)C1CC1. The minimum atomic E-state index is -0.0659. The van der Waals surface area contributed by atoms with Gasteiger partial charge in [-0.25, -0.2) is 0 Å². The maximum Gasteiger partial charge on any atom is 0.251 e. The van der Waals surface area contributed by atoms with Crippen LogP contribution in [0, 0.1) is 0 Å². The van der Waals surface area contributed by atoms with Gasteiger partial charge in [0.05, 0.1) is 0 Å². The van der Waals surface area contributed by atoms with E-state index >= 15 is 0 Å². The molecule has 1 N–H and O–H groups in total. The van der Waals surface area contributed by atoms with Gasteiger partial charge in [-0.2, -0.15) is 4.98 Å². The van der Waals surface area contributed by atoms with Gasteiger partial charge in [-0.05, 0) is 51.8 Å². The van der Waals surface area contributed by atoms with Crippen molar-refractivity contribution in [3.63, 3.8) is 0 Å². The first-order valence-corrected chi connectivity index (χ1v) is 9.06. The Bertz CT molecular complexity index is 764. The number of aromatic nitrogens is 2. The predicted octanol–water partition coefficient (Wildman–Crippen LogP) is 2.83. The van der Waals surface area contributed by atoms with E-state index in [1.807, 2.05) is 24.3 Å². The Morgan fingerprint density at radius 3 is 2.88 bits per heavy atom. The lowest BCUT2D eigenvalue weighted by molar-refractivity contribution is 0.0939. The Morgan fingerprint density at radius 2 is 2.16 bits per heavy atom. The molecule has 1 heterocycles. The third-order valence-corrected chi connectivity index (χ3v) is 5.13. The molecule has 1 amide bonds. The summed E-state index contributed by atoms with van der Waals surface area (Å²) in [6.07, 6.45) is 4.78. The van der Waals surface area contributed by atoms with Crippen molar-refractivity contribution in [3.05, 3.63) is 35.7 Å². The van der Waals surface area contributed by atoms with Crippen LogP contribution >= 0.6 is 0 Å². The maximum atomic E-state index is 12.5. The van der Waals surface area contributed by atoms with E-state index in [1.165, 1.54) is 12.8 Å². The quantitative estimate of drug-likeness (QED) is 0.839. The standard InChI is InChI=1S/C19H24N4O2/c1-12(23(2)16-8-9-16)11-20-18(24)15-5-3-4-14(10-15)17-21-19(25-22-17)13-6-7-13/h3-5,10,12-13,16H,6-9,11H2,1-2H3,(H,20,24). The molecule has 132 valence electrons. The molecule has 0 aliphatic heterocycles. The fourth-order valence-electron chi connectivity index (χ4n) is 2.98. The Morgan fingerprint density at radius 1 is 1.36 bits per heavy atom. The number of carbonyl (C=O) groups excluding carboxylic acids is 1. The second kappa shape index (κ2) is 6.59. The van der Waals surface area contributed by atoms with Crippen molar-refractivity contribution in [3.8, 4) is 11.4 Å². The van der Waals surface area contributed by atoms with Gasteiger partial charge in [0.25, 0.3) is 5.91 Å². The minimum Gasteiger partial charge on any atom is -0.350 e. The number of nitrogens with zero attached hydrogens (tertiary/aromatic N) is 3.